The first kappa shape index (κ1) is 16.3. The van der Waals surface area contributed by atoms with Gasteiger partial charge in [-0.05, 0) is 26.3 Å². The molecule has 0 spiro atoms. The van der Waals surface area contributed by atoms with E-state index < -0.39 is 0 Å². The van der Waals surface area contributed by atoms with Crippen LogP contribution >= 0.6 is 11.8 Å². The Kier molecular flexibility index (Phi) is 9.47. The van der Waals surface area contributed by atoms with Crippen LogP contribution in [0.1, 0.15) is 53.9 Å². The van der Waals surface area contributed by atoms with Crippen LogP contribution in [0.25, 0.3) is 0 Å². The summed E-state index contributed by atoms with van der Waals surface area (Å²) in [5, 5.41) is 14.1. The van der Waals surface area contributed by atoms with Crippen LogP contribution in [-0.2, 0) is 0 Å². The zero-order chi connectivity index (χ0) is 12.6. The topological polar surface area (TPSA) is 32.3 Å². The van der Waals surface area contributed by atoms with Gasteiger partial charge in [0.2, 0.25) is 0 Å². The maximum absolute atomic E-state index is 9.57. The molecule has 0 rings (SSSR count). The van der Waals surface area contributed by atoms with Crippen LogP contribution in [0, 0.1) is 0 Å². The van der Waals surface area contributed by atoms with Crippen molar-refractivity contribution in [1.29, 1.82) is 0 Å². The molecule has 0 aromatic rings. The van der Waals surface area contributed by atoms with E-state index in [1.165, 1.54) is 19.3 Å². The van der Waals surface area contributed by atoms with Gasteiger partial charge in [-0.1, -0.05) is 34.1 Å². The van der Waals surface area contributed by atoms with Crippen molar-refractivity contribution >= 4 is 11.8 Å². The number of aliphatic hydroxyl groups excluding tert-OH is 1. The second-order valence-electron chi connectivity index (χ2n) is 4.48. The van der Waals surface area contributed by atoms with E-state index in [1.54, 1.807) is 0 Å². The molecule has 0 aliphatic carbocycles. The third kappa shape index (κ3) is 6.12. The average molecular weight is 247 g/mol. The summed E-state index contributed by atoms with van der Waals surface area (Å²) in [6, 6.07) is 0.589. The van der Waals surface area contributed by atoms with E-state index >= 15 is 0 Å². The molecule has 2 nitrogen and oxygen atoms in total. The summed E-state index contributed by atoms with van der Waals surface area (Å²) in [5.74, 6) is 0. The van der Waals surface area contributed by atoms with Gasteiger partial charge in [-0.25, -0.2) is 0 Å². The van der Waals surface area contributed by atoms with Crippen molar-refractivity contribution in [2.75, 3.05) is 6.54 Å². The number of rotatable bonds is 9. The summed E-state index contributed by atoms with van der Waals surface area (Å²) in [6.07, 6.45) is 3.39. The van der Waals surface area contributed by atoms with E-state index in [0.29, 0.717) is 16.5 Å². The molecule has 0 aromatic carbocycles. The van der Waals surface area contributed by atoms with Gasteiger partial charge in [0.15, 0.2) is 0 Å². The first-order chi connectivity index (χ1) is 7.56. The highest BCUT2D eigenvalue weighted by atomic mass is 32.2. The van der Waals surface area contributed by atoms with Gasteiger partial charge in [0.05, 0.1) is 6.10 Å². The summed E-state index contributed by atoms with van der Waals surface area (Å²) in [6.45, 7) is 11.7. The minimum Gasteiger partial charge on any atom is -0.392 e. The highest BCUT2D eigenvalue weighted by molar-refractivity contribution is 8.00. The third-order valence-corrected chi connectivity index (χ3v) is 4.82. The minimum atomic E-state index is -0.219. The lowest BCUT2D eigenvalue weighted by Gasteiger charge is -2.29. The largest absolute Gasteiger partial charge is 0.392 e. The summed E-state index contributed by atoms with van der Waals surface area (Å²) < 4.78 is 0. The van der Waals surface area contributed by atoms with Crippen molar-refractivity contribution in [3.8, 4) is 0 Å². The molecule has 2 N–H and O–H groups in total. The molecule has 98 valence electrons. The quantitative estimate of drug-likeness (QED) is 0.657. The predicted molar refractivity (Wildman–Crippen MR) is 75.2 cm³/mol. The van der Waals surface area contributed by atoms with Gasteiger partial charge in [0.25, 0.3) is 0 Å². The van der Waals surface area contributed by atoms with E-state index in [9.17, 15) is 5.11 Å². The fourth-order valence-corrected chi connectivity index (χ4v) is 3.25. The maximum atomic E-state index is 9.57. The van der Waals surface area contributed by atoms with Crippen LogP contribution in [0.2, 0.25) is 0 Å². The Labute approximate surface area is 106 Å². The van der Waals surface area contributed by atoms with Gasteiger partial charge in [-0.15, -0.1) is 0 Å². The fourth-order valence-electron chi connectivity index (χ4n) is 1.86. The minimum absolute atomic E-state index is 0.219. The molecule has 0 aliphatic rings. The van der Waals surface area contributed by atoms with Crippen LogP contribution in [0.4, 0.5) is 0 Å². The van der Waals surface area contributed by atoms with Gasteiger partial charge >= 0.3 is 0 Å². The molecule has 4 atom stereocenters. The molecular weight excluding hydrogens is 218 g/mol. The lowest BCUT2D eigenvalue weighted by atomic mass is 10.1. The first-order valence-electron chi connectivity index (χ1n) is 6.63. The van der Waals surface area contributed by atoms with E-state index in [1.807, 2.05) is 18.7 Å². The Hall–Kier alpha value is 0.270. The molecule has 0 radical (unpaired) electrons. The van der Waals surface area contributed by atoms with E-state index in [-0.39, 0.29) is 6.10 Å². The summed E-state index contributed by atoms with van der Waals surface area (Å²) >= 11 is 1.93. The lowest BCUT2D eigenvalue weighted by molar-refractivity contribution is 0.196. The molecule has 0 saturated carbocycles. The summed E-state index contributed by atoms with van der Waals surface area (Å²) in [4.78, 5) is 0. The Morgan fingerprint density at radius 3 is 2.19 bits per heavy atom. The van der Waals surface area contributed by atoms with Gasteiger partial charge in [0, 0.05) is 16.5 Å². The fraction of sp³-hybridized carbons (Fsp3) is 1.00. The van der Waals surface area contributed by atoms with Gasteiger partial charge in [0.1, 0.15) is 0 Å². The normalized spacial score (nSPS) is 19.1. The zero-order valence-electron chi connectivity index (χ0n) is 11.5. The molecule has 4 unspecified atom stereocenters. The number of thioether (sulfide) groups is 1. The van der Waals surface area contributed by atoms with Gasteiger partial charge in [-0.3, -0.25) is 0 Å². The molecule has 0 heterocycles. The third-order valence-electron chi connectivity index (χ3n) is 2.99. The smallest absolute Gasteiger partial charge is 0.0628 e. The van der Waals surface area contributed by atoms with Crippen LogP contribution in [-0.4, -0.2) is 34.3 Å². The van der Waals surface area contributed by atoms with Crippen molar-refractivity contribution in [3.05, 3.63) is 0 Å². The van der Waals surface area contributed by atoms with E-state index in [0.717, 1.165) is 6.54 Å². The highest BCUT2D eigenvalue weighted by Crippen LogP contribution is 2.27. The van der Waals surface area contributed by atoms with Gasteiger partial charge in [-0.2, -0.15) is 11.8 Å². The molecule has 0 fully saturated rings. The lowest BCUT2D eigenvalue weighted by Crippen LogP contribution is -2.39. The second kappa shape index (κ2) is 9.32. The monoisotopic (exact) mass is 247 g/mol. The number of nitrogens with one attached hydrogen (secondary N) is 1. The second-order valence-corrected chi connectivity index (χ2v) is 6.10. The Bertz CT molecular complexity index is 158. The first-order valence-corrected chi connectivity index (χ1v) is 7.57. The SMILES string of the molecule is CCCC(NCC)C(CC)SC(C)C(C)O. The molecule has 16 heavy (non-hydrogen) atoms. The Balaban J connectivity index is 4.29. The molecule has 0 bridgehead atoms. The predicted octanol–water partition coefficient (Wildman–Crippen LogP) is 3.05. The average Bonchev–Trinajstić information content (AvgIpc) is 2.25. The number of hydrogen-bond acceptors (Lipinski definition) is 3. The molecule has 0 amide bonds. The van der Waals surface area contributed by atoms with Crippen molar-refractivity contribution < 1.29 is 5.11 Å². The van der Waals surface area contributed by atoms with Crippen molar-refractivity contribution in [3.63, 3.8) is 0 Å². The van der Waals surface area contributed by atoms with Crippen LogP contribution in [0.15, 0.2) is 0 Å². The maximum Gasteiger partial charge on any atom is 0.0628 e. The van der Waals surface area contributed by atoms with Crippen LogP contribution in [0.3, 0.4) is 0 Å². The summed E-state index contributed by atoms with van der Waals surface area (Å²) in [5.41, 5.74) is 0. The van der Waals surface area contributed by atoms with Crippen LogP contribution < -0.4 is 5.32 Å². The van der Waals surface area contributed by atoms with Crippen molar-refractivity contribution in [2.45, 2.75) is 76.5 Å². The molecule has 0 aliphatic heterocycles. The van der Waals surface area contributed by atoms with Gasteiger partial charge < -0.3 is 10.4 Å². The molecule has 0 aromatic heterocycles. The van der Waals surface area contributed by atoms with Crippen molar-refractivity contribution in [2.24, 2.45) is 0 Å². The number of hydrogen-bond donors (Lipinski definition) is 2. The van der Waals surface area contributed by atoms with Crippen LogP contribution in [0.5, 0.6) is 0 Å². The molecular formula is C13H29NOS. The number of aliphatic hydroxyl groups is 1. The Morgan fingerprint density at radius 1 is 1.19 bits per heavy atom. The highest BCUT2D eigenvalue weighted by Gasteiger charge is 2.22. The molecule has 0 saturated heterocycles. The summed E-state index contributed by atoms with van der Waals surface area (Å²) in [7, 11) is 0. The van der Waals surface area contributed by atoms with Crippen molar-refractivity contribution in [1.82, 2.24) is 5.32 Å². The molecule has 3 heteroatoms. The zero-order valence-corrected chi connectivity index (χ0v) is 12.3. The standard InChI is InChI=1S/C13H29NOS/c1-6-9-12(14-8-3)13(7-2)16-11(5)10(4)15/h10-15H,6-9H2,1-5H3. The van der Waals surface area contributed by atoms with E-state index in [4.69, 9.17) is 0 Å². The Morgan fingerprint density at radius 2 is 1.81 bits per heavy atom. The van der Waals surface area contributed by atoms with E-state index in [2.05, 4.69) is 33.0 Å².